The molecule has 18 heavy (non-hydrogen) atoms. The Bertz CT molecular complexity index is 544. The molecular formula is C14H16N2O2. The van der Waals surface area contributed by atoms with Crippen LogP contribution in [0.25, 0.3) is 0 Å². The van der Waals surface area contributed by atoms with E-state index >= 15 is 0 Å². The Kier molecular flexibility index (Phi) is 3.46. The average molecular weight is 244 g/mol. The van der Waals surface area contributed by atoms with Crippen molar-refractivity contribution in [2.45, 2.75) is 26.3 Å². The van der Waals surface area contributed by atoms with Gasteiger partial charge in [-0.05, 0) is 17.5 Å². The highest BCUT2D eigenvalue weighted by molar-refractivity contribution is 5.85. The molecule has 0 atom stereocenters. The molecule has 4 nitrogen and oxygen atoms in total. The van der Waals surface area contributed by atoms with Crippen LogP contribution in [0.3, 0.4) is 0 Å². The molecule has 0 aliphatic rings. The number of hydrogen-bond acceptors (Lipinski definition) is 2. The van der Waals surface area contributed by atoms with E-state index in [0.29, 0.717) is 6.54 Å². The van der Waals surface area contributed by atoms with Crippen LogP contribution in [0.2, 0.25) is 0 Å². The summed E-state index contributed by atoms with van der Waals surface area (Å²) in [4.78, 5) is 11.2. The van der Waals surface area contributed by atoms with Crippen LogP contribution >= 0.6 is 0 Å². The Hall–Kier alpha value is -2.10. The van der Waals surface area contributed by atoms with Gasteiger partial charge in [0.2, 0.25) is 0 Å². The Morgan fingerprint density at radius 3 is 2.56 bits per heavy atom. The number of aromatic carboxylic acids is 1. The minimum absolute atomic E-state index is 0.222. The first-order valence-corrected chi connectivity index (χ1v) is 5.93. The number of carboxylic acids is 1. The number of hydrogen-bond donors (Lipinski definition) is 1. The number of nitrogens with zero attached hydrogens (tertiary/aromatic N) is 2. The number of aromatic nitrogens is 2. The third kappa shape index (κ3) is 2.59. The summed E-state index contributed by atoms with van der Waals surface area (Å²) in [5, 5.41) is 13.5. The highest BCUT2D eigenvalue weighted by atomic mass is 16.4. The molecule has 1 aromatic carbocycles. The van der Waals surface area contributed by atoms with Crippen molar-refractivity contribution in [2.75, 3.05) is 0 Å². The van der Waals surface area contributed by atoms with Crippen LogP contribution in [0.1, 0.15) is 41.5 Å². The second-order valence-electron chi connectivity index (χ2n) is 4.56. The van der Waals surface area contributed by atoms with Crippen LogP contribution in [0.5, 0.6) is 0 Å². The second kappa shape index (κ2) is 5.04. The van der Waals surface area contributed by atoms with E-state index in [4.69, 9.17) is 0 Å². The average Bonchev–Trinajstić information content (AvgIpc) is 2.74. The zero-order chi connectivity index (χ0) is 13.1. The predicted molar refractivity (Wildman–Crippen MR) is 68.8 cm³/mol. The molecule has 0 aliphatic heterocycles. The molecule has 0 radical (unpaired) electrons. The van der Waals surface area contributed by atoms with Gasteiger partial charge in [-0.2, -0.15) is 5.10 Å². The summed E-state index contributed by atoms with van der Waals surface area (Å²) in [6, 6.07) is 11.4. The van der Waals surface area contributed by atoms with Gasteiger partial charge in [0, 0.05) is 0 Å². The first-order chi connectivity index (χ1) is 8.58. The fraction of sp³-hybridized carbons (Fsp3) is 0.286. The van der Waals surface area contributed by atoms with E-state index in [1.54, 1.807) is 10.7 Å². The molecule has 1 aromatic heterocycles. The normalized spacial score (nSPS) is 10.8. The highest BCUT2D eigenvalue weighted by Crippen LogP contribution is 2.15. The van der Waals surface area contributed by atoms with Crippen molar-refractivity contribution in [3.05, 3.63) is 53.3 Å². The molecule has 4 heteroatoms. The fourth-order valence-corrected chi connectivity index (χ4v) is 1.77. The number of benzene rings is 1. The van der Waals surface area contributed by atoms with Crippen LogP contribution in [0.4, 0.5) is 0 Å². The van der Waals surface area contributed by atoms with E-state index in [1.165, 1.54) is 0 Å². The maximum absolute atomic E-state index is 11.2. The lowest BCUT2D eigenvalue weighted by molar-refractivity contribution is 0.0684. The zero-order valence-corrected chi connectivity index (χ0v) is 10.5. The largest absolute Gasteiger partial charge is 0.477 e. The lowest BCUT2D eigenvalue weighted by Gasteiger charge is -2.04. The standard InChI is InChI=1S/C14H16N2O2/c1-10(2)12-8-13(14(17)18)16(15-12)9-11-6-4-3-5-7-11/h3-8,10H,9H2,1-2H3,(H,17,18). The van der Waals surface area contributed by atoms with Gasteiger partial charge in [-0.1, -0.05) is 44.2 Å². The van der Waals surface area contributed by atoms with Gasteiger partial charge in [-0.15, -0.1) is 0 Å². The van der Waals surface area contributed by atoms with Crippen molar-refractivity contribution < 1.29 is 9.90 Å². The first-order valence-electron chi connectivity index (χ1n) is 5.93. The summed E-state index contributed by atoms with van der Waals surface area (Å²) in [6.45, 7) is 4.48. The molecule has 1 heterocycles. The summed E-state index contributed by atoms with van der Waals surface area (Å²) in [5.74, 6) is -0.717. The van der Waals surface area contributed by atoms with E-state index in [2.05, 4.69) is 5.10 Å². The van der Waals surface area contributed by atoms with E-state index < -0.39 is 5.97 Å². The van der Waals surface area contributed by atoms with Gasteiger partial charge < -0.3 is 5.11 Å². The topological polar surface area (TPSA) is 55.1 Å². The van der Waals surface area contributed by atoms with Crippen molar-refractivity contribution in [3.8, 4) is 0 Å². The van der Waals surface area contributed by atoms with Gasteiger partial charge in [0.25, 0.3) is 0 Å². The molecule has 0 fully saturated rings. The Morgan fingerprint density at radius 1 is 1.33 bits per heavy atom. The summed E-state index contributed by atoms with van der Waals surface area (Å²) in [6.07, 6.45) is 0. The molecule has 2 aromatic rings. The van der Waals surface area contributed by atoms with Gasteiger partial charge in [0.05, 0.1) is 12.2 Å². The Labute approximate surface area is 106 Å². The molecule has 2 rings (SSSR count). The van der Waals surface area contributed by atoms with Gasteiger partial charge in [0.15, 0.2) is 0 Å². The molecule has 0 unspecified atom stereocenters. The van der Waals surface area contributed by atoms with E-state index in [9.17, 15) is 9.90 Å². The van der Waals surface area contributed by atoms with E-state index in [-0.39, 0.29) is 11.6 Å². The monoisotopic (exact) mass is 244 g/mol. The minimum Gasteiger partial charge on any atom is -0.477 e. The van der Waals surface area contributed by atoms with Gasteiger partial charge >= 0.3 is 5.97 Å². The Morgan fingerprint density at radius 2 is 2.00 bits per heavy atom. The van der Waals surface area contributed by atoms with Crippen LogP contribution in [0, 0.1) is 0 Å². The molecule has 0 saturated heterocycles. The maximum Gasteiger partial charge on any atom is 0.354 e. The minimum atomic E-state index is -0.940. The molecule has 0 bridgehead atoms. The van der Waals surface area contributed by atoms with Crippen molar-refractivity contribution in [2.24, 2.45) is 0 Å². The summed E-state index contributed by atoms with van der Waals surface area (Å²) >= 11 is 0. The predicted octanol–water partition coefficient (Wildman–Crippen LogP) is 2.75. The third-order valence-corrected chi connectivity index (χ3v) is 2.78. The van der Waals surface area contributed by atoms with Crippen molar-refractivity contribution >= 4 is 5.97 Å². The lowest BCUT2D eigenvalue weighted by atomic mass is 10.1. The Balaban J connectivity index is 2.34. The van der Waals surface area contributed by atoms with Crippen LogP contribution in [-0.2, 0) is 6.54 Å². The number of carboxylic acid groups (broad SMARTS) is 1. The molecule has 0 amide bonds. The number of carbonyl (C=O) groups is 1. The third-order valence-electron chi connectivity index (χ3n) is 2.78. The molecule has 0 saturated carbocycles. The summed E-state index contributed by atoms with van der Waals surface area (Å²) < 4.78 is 1.55. The molecule has 0 aliphatic carbocycles. The maximum atomic E-state index is 11.2. The van der Waals surface area contributed by atoms with E-state index in [0.717, 1.165) is 11.3 Å². The fourth-order valence-electron chi connectivity index (χ4n) is 1.77. The quantitative estimate of drug-likeness (QED) is 0.899. The molecular weight excluding hydrogens is 228 g/mol. The SMILES string of the molecule is CC(C)c1cc(C(=O)O)n(Cc2ccccc2)n1. The first kappa shape index (κ1) is 12.4. The highest BCUT2D eigenvalue weighted by Gasteiger charge is 2.15. The number of rotatable bonds is 4. The molecule has 1 N–H and O–H groups in total. The smallest absolute Gasteiger partial charge is 0.354 e. The summed E-state index contributed by atoms with van der Waals surface area (Å²) in [7, 11) is 0. The van der Waals surface area contributed by atoms with Gasteiger partial charge in [-0.25, -0.2) is 4.79 Å². The van der Waals surface area contributed by atoms with Gasteiger partial charge in [-0.3, -0.25) is 4.68 Å². The van der Waals surface area contributed by atoms with Gasteiger partial charge in [0.1, 0.15) is 5.69 Å². The van der Waals surface area contributed by atoms with Crippen LogP contribution in [-0.4, -0.2) is 20.9 Å². The second-order valence-corrected chi connectivity index (χ2v) is 4.56. The zero-order valence-electron chi connectivity index (χ0n) is 10.5. The summed E-state index contributed by atoms with van der Waals surface area (Å²) in [5.41, 5.74) is 2.09. The van der Waals surface area contributed by atoms with Crippen molar-refractivity contribution in [3.63, 3.8) is 0 Å². The van der Waals surface area contributed by atoms with Crippen molar-refractivity contribution in [1.82, 2.24) is 9.78 Å². The molecule has 94 valence electrons. The van der Waals surface area contributed by atoms with E-state index in [1.807, 2.05) is 44.2 Å². The van der Waals surface area contributed by atoms with Crippen molar-refractivity contribution in [1.29, 1.82) is 0 Å². The van der Waals surface area contributed by atoms with Crippen LogP contribution in [0.15, 0.2) is 36.4 Å². The van der Waals surface area contributed by atoms with Crippen LogP contribution < -0.4 is 0 Å². The lowest BCUT2D eigenvalue weighted by Crippen LogP contribution is -2.10. The molecule has 0 spiro atoms.